The fraction of sp³-hybridized carbons (Fsp3) is 0.241. The number of amides is 2. The van der Waals surface area contributed by atoms with Crippen molar-refractivity contribution in [3.8, 4) is 11.4 Å². The molecule has 0 unspecified atom stereocenters. The van der Waals surface area contributed by atoms with E-state index in [4.69, 9.17) is 11.6 Å². The van der Waals surface area contributed by atoms with Gasteiger partial charge in [-0.15, -0.1) is 12.4 Å². The number of carbonyl (C=O) groups excluding carboxylic acids is 2. The first-order chi connectivity index (χ1) is 19.2. The van der Waals surface area contributed by atoms with E-state index >= 15 is 0 Å². The molecule has 0 aliphatic rings. The zero-order valence-electron chi connectivity index (χ0n) is 22.9. The Hall–Kier alpha value is -3.96. The zero-order valence-corrected chi connectivity index (χ0v) is 24.5. The number of nitrogens with zero attached hydrogens (tertiary/aromatic N) is 2. The van der Waals surface area contributed by atoms with Crippen molar-refractivity contribution in [2.45, 2.75) is 33.5 Å². The van der Waals surface area contributed by atoms with Crippen LogP contribution in [0.4, 0.5) is 29.1 Å². The molecule has 0 aliphatic carbocycles. The van der Waals surface area contributed by atoms with Crippen LogP contribution in [0.5, 0.6) is 0 Å². The predicted molar refractivity (Wildman–Crippen MR) is 157 cm³/mol. The Kier molecular flexibility index (Phi) is 9.69. The SMILES string of the molecule is CNc1nc(-c2ccc(C(F)(F)F)cc2F)nc2cc(NC(=O)c3cc(CNC(=O)C(C)(C)C)ccc3Cl)ccc12.Cl. The van der Waals surface area contributed by atoms with Gasteiger partial charge in [-0.25, -0.2) is 14.4 Å². The highest BCUT2D eigenvalue weighted by molar-refractivity contribution is 6.34. The molecule has 0 radical (unpaired) electrons. The summed E-state index contributed by atoms with van der Waals surface area (Å²) >= 11 is 6.29. The number of alkyl halides is 3. The maximum absolute atomic E-state index is 14.7. The van der Waals surface area contributed by atoms with Crippen LogP contribution in [0.3, 0.4) is 0 Å². The maximum Gasteiger partial charge on any atom is 0.416 e. The highest BCUT2D eigenvalue weighted by Gasteiger charge is 2.31. The van der Waals surface area contributed by atoms with Gasteiger partial charge in [0.2, 0.25) is 5.91 Å². The smallest absolute Gasteiger partial charge is 0.373 e. The molecule has 1 aromatic heterocycles. The van der Waals surface area contributed by atoms with E-state index in [1.807, 2.05) is 0 Å². The van der Waals surface area contributed by atoms with Crippen molar-refractivity contribution >= 4 is 58.2 Å². The summed E-state index contributed by atoms with van der Waals surface area (Å²) in [5.74, 6) is -1.61. The van der Waals surface area contributed by atoms with Gasteiger partial charge in [-0.05, 0) is 54.1 Å². The average molecular weight is 624 g/mol. The molecule has 0 atom stereocenters. The van der Waals surface area contributed by atoms with Crippen molar-refractivity contribution in [2.75, 3.05) is 17.7 Å². The lowest BCUT2D eigenvalue weighted by Gasteiger charge is -2.18. The molecule has 13 heteroatoms. The summed E-state index contributed by atoms with van der Waals surface area (Å²) < 4.78 is 53.7. The standard InChI is InChI=1S/C29H26ClF4N5O2.ClH/c1-28(2,3)27(41)36-14-15-5-10-21(30)20(11-15)26(40)37-17-7-9-19-23(13-17)38-25(39-24(19)35-4)18-8-6-16(12-22(18)31)29(32,33)34;/h5-13H,14H2,1-4H3,(H,36,41)(H,37,40)(H,35,38,39);1H. The summed E-state index contributed by atoms with van der Waals surface area (Å²) in [4.78, 5) is 33.9. The van der Waals surface area contributed by atoms with E-state index < -0.39 is 28.9 Å². The van der Waals surface area contributed by atoms with Crippen molar-refractivity contribution in [3.05, 3.63) is 82.1 Å². The van der Waals surface area contributed by atoms with E-state index in [0.717, 1.165) is 12.1 Å². The van der Waals surface area contributed by atoms with E-state index in [1.165, 1.54) is 6.07 Å². The minimum Gasteiger partial charge on any atom is -0.373 e. The number of benzene rings is 3. The van der Waals surface area contributed by atoms with Crippen molar-refractivity contribution < 1.29 is 27.2 Å². The second-order valence-corrected chi connectivity index (χ2v) is 10.7. The molecule has 2 amide bonds. The molecule has 222 valence electrons. The topological polar surface area (TPSA) is 96.0 Å². The third-order valence-electron chi connectivity index (χ3n) is 6.14. The lowest BCUT2D eigenvalue weighted by atomic mass is 9.95. The largest absolute Gasteiger partial charge is 0.416 e. The lowest BCUT2D eigenvalue weighted by Crippen LogP contribution is -2.34. The Morgan fingerprint density at radius 1 is 0.952 bits per heavy atom. The number of carbonyl (C=O) groups is 2. The van der Waals surface area contributed by atoms with Crippen LogP contribution in [0.1, 0.15) is 42.3 Å². The lowest BCUT2D eigenvalue weighted by molar-refractivity contribution is -0.137. The first-order valence-corrected chi connectivity index (χ1v) is 12.8. The number of nitrogens with one attached hydrogen (secondary N) is 3. The molecule has 0 saturated carbocycles. The first kappa shape index (κ1) is 32.6. The van der Waals surface area contributed by atoms with Gasteiger partial charge in [0.05, 0.1) is 27.2 Å². The number of rotatable bonds is 6. The zero-order chi connectivity index (χ0) is 30.1. The van der Waals surface area contributed by atoms with E-state index in [0.29, 0.717) is 34.0 Å². The van der Waals surface area contributed by atoms with Crippen LogP contribution < -0.4 is 16.0 Å². The summed E-state index contributed by atoms with van der Waals surface area (Å²) in [5.41, 5.74) is -0.417. The summed E-state index contributed by atoms with van der Waals surface area (Å²) in [6.07, 6.45) is -4.70. The van der Waals surface area contributed by atoms with Gasteiger partial charge in [-0.3, -0.25) is 9.59 Å². The molecular formula is C29H27Cl2F4N5O2. The van der Waals surface area contributed by atoms with Crippen LogP contribution in [0.2, 0.25) is 5.02 Å². The van der Waals surface area contributed by atoms with Gasteiger partial charge in [0.15, 0.2) is 5.82 Å². The molecule has 0 saturated heterocycles. The molecule has 4 rings (SSSR count). The van der Waals surface area contributed by atoms with Crippen molar-refractivity contribution in [1.29, 1.82) is 0 Å². The van der Waals surface area contributed by atoms with Gasteiger partial charge in [0.1, 0.15) is 11.6 Å². The third-order valence-corrected chi connectivity index (χ3v) is 6.47. The Bertz CT molecular complexity index is 1660. The van der Waals surface area contributed by atoms with Crippen LogP contribution in [0, 0.1) is 11.2 Å². The highest BCUT2D eigenvalue weighted by Crippen LogP contribution is 2.33. The maximum atomic E-state index is 14.7. The van der Waals surface area contributed by atoms with E-state index in [1.54, 1.807) is 58.2 Å². The van der Waals surface area contributed by atoms with E-state index in [2.05, 4.69) is 25.9 Å². The van der Waals surface area contributed by atoms with Crippen molar-refractivity contribution in [2.24, 2.45) is 5.41 Å². The number of hydrogen-bond acceptors (Lipinski definition) is 5. The van der Waals surface area contributed by atoms with Gasteiger partial charge in [-0.2, -0.15) is 13.2 Å². The summed E-state index contributed by atoms with van der Waals surface area (Å²) in [6, 6.07) is 11.8. The van der Waals surface area contributed by atoms with Crippen LogP contribution >= 0.6 is 24.0 Å². The van der Waals surface area contributed by atoms with Gasteiger partial charge in [0.25, 0.3) is 5.91 Å². The van der Waals surface area contributed by atoms with Crippen LogP contribution in [0.25, 0.3) is 22.3 Å². The second kappa shape index (κ2) is 12.5. The minimum absolute atomic E-state index is 0. The molecule has 0 spiro atoms. The van der Waals surface area contributed by atoms with Crippen LogP contribution in [0.15, 0.2) is 54.6 Å². The van der Waals surface area contributed by atoms with Gasteiger partial charge in [-0.1, -0.05) is 38.4 Å². The van der Waals surface area contributed by atoms with Gasteiger partial charge < -0.3 is 16.0 Å². The molecule has 4 aromatic rings. The summed E-state index contributed by atoms with van der Waals surface area (Å²) in [7, 11) is 1.59. The quantitative estimate of drug-likeness (QED) is 0.193. The molecule has 0 fully saturated rings. The molecule has 42 heavy (non-hydrogen) atoms. The Balaban J connectivity index is 0.00000484. The third kappa shape index (κ3) is 7.27. The van der Waals surface area contributed by atoms with Crippen molar-refractivity contribution in [1.82, 2.24) is 15.3 Å². The normalized spacial score (nSPS) is 11.5. The summed E-state index contributed by atoms with van der Waals surface area (Å²) in [5, 5.41) is 9.19. The van der Waals surface area contributed by atoms with Crippen LogP contribution in [-0.4, -0.2) is 28.8 Å². The highest BCUT2D eigenvalue weighted by atomic mass is 35.5. The number of fused-ring (bicyclic) bond motifs is 1. The van der Waals surface area contributed by atoms with Gasteiger partial charge >= 0.3 is 6.18 Å². The number of anilines is 2. The Morgan fingerprint density at radius 3 is 2.29 bits per heavy atom. The number of halogens is 6. The Labute approximate surface area is 250 Å². The predicted octanol–water partition coefficient (Wildman–Crippen LogP) is 7.49. The number of hydrogen-bond donors (Lipinski definition) is 3. The average Bonchev–Trinajstić information content (AvgIpc) is 2.90. The minimum atomic E-state index is -4.70. The fourth-order valence-corrected chi connectivity index (χ4v) is 4.10. The fourth-order valence-electron chi connectivity index (χ4n) is 3.89. The summed E-state index contributed by atoms with van der Waals surface area (Å²) in [6.45, 7) is 5.58. The van der Waals surface area contributed by atoms with Crippen molar-refractivity contribution in [3.63, 3.8) is 0 Å². The van der Waals surface area contributed by atoms with E-state index in [-0.39, 0.29) is 46.8 Å². The molecule has 7 nitrogen and oxygen atoms in total. The monoisotopic (exact) mass is 623 g/mol. The Morgan fingerprint density at radius 2 is 1.67 bits per heavy atom. The molecule has 1 heterocycles. The second-order valence-electron chi connectivity index (χ2n) is 10.3. The van der Waals surface area contributed by atoms with Gasteiger partial charge in [0, 0.05) is 30.1 Å². The number of aromatic nitrogens is 2. The molecule has 3 N–H and O–H groups in total. The van der Waals surface area contributed by atoms with Crippen LogP contribution in [-0.2, 0) is 17.5 Å². The molecular weight excluding hydrogens is 597 g/mol. The molecule has 0 aliphatic heterocycles. The van der Waals surface area contributed by atoms with E-state index in [9.17, 15) is 27.2 Å². The first-order valence-electron chi connectivity index (χ1n) is 12.4. The molecule has 0 bridgehead atoms. The molecule has 3 aromatic carbocycles.